The molecule has 7 nitrogen and oxygen atoms in total. The zero-order valence-corrected chi connectivity index (χ0v) is 19.8. The molecule has 172 valence electrons. The molecule has 9 heteroatoms. The molecule has 0 bridgehead atoms. The Morgan fingerprint density at radius 3 is 2.52 bits per heavy atom. The van der Waals surface area contributed by atoms with Gasteiger partial charge in [0.25, 0.3) is 5.91 Å². The Labute approximate surface area is 198 Å². The fraction of sp³-hybridized carbons (Fsp3) is 0.167. The molecule has 0 saturated heterocycles. The highest BCUT2D eigenvalue weighted by atomic mass is 35.5. The van der Waals surface area contributed by atoms with Gasteiger partial charge in [0.1, 0.15) is 5.75 Å². The summed E-state index contributed by atoms with van der Waals surface area (Å²) in [6.07, 6.45) is 1.46. The van der Waals surface area contributed by atoms with Crippen LogP contribution in [0.1, 0.15) is 16.7 Å². The van der Waals surface area contributed by atoms with Crippen LogP contribution in [0.15, 0.2) is 82.8 Å². The third kappa shape index (κ3) is 6.89. The van der Waals surface area contributed by atoms with Crippen molar-refractivity contribution in [2.75, 3.05) is 13.7 Å². The van der Waals surface area contributed by atoms with E-state index in [0.717, 1.165) is 21.0 Å². The van der Waals surface area contributed by atoms with E-state index in [-0.39, 0.29) is 11.4 Å². The third-order valence-corrected chi connectivity index (χ3v) is 6.77. The smallest absolute Gasteiger partial charge is 0.255 e. The Hall–Kier alpha value is -3.20. The molecular weight excluding hydrogens is 462 g/mol. The molecule has 0 aliphatic rings. The summed E-state index contributed by atoms with van der Waals surface area (Å²) < 4.78 is 32.8. The number of amides is 1. The fourth-order valence-electron chi connectivity index (χ4n) is 3.09. The average molecular weight is 486 g/mol. The van der Waals surface area contributed by atoms with Crippen LogP contribution >= 0.6 is 11.6 Å². The fourth-order valence-corrected chi connectivity index (χ4v) is 4.60. The molecule has 3 aromatic rings. The van der Waals surface area contributed by atoms with Gasteiger partial charge in [0, 0.05) is 11.6 Å². The Morgan fingerprint density at radius 2 is 1.82 bits per heavy atom. The third-order valence-electron chi connectivity index (χ3n) is 4.71. The summed E-state index contributed by atoms with van der Waals surface area (Å²) in [4.78, 5) is 12.6. The van der Waals surface area contributed by atoms with Crippen molar-refractivity contribution < 1.29 is 17.9 Å². The number of hydrazone groups is 1. The first kappa shape index (κ1) is 24.4. The van der Waals surface area contributed by atoms with Crippen molar-refractivity contribution in [1.29, 1.82) is 0 Å². The van der Waals surface area contributed by atoms with E-state index in [1.165, 1.54) is 30.5 Å². The van der Waals surface area contributed by atoms with E-state index >= 15 is 0 Å². The SMILES string of the molecule is COc1cccc(/C=N\NC(=O)CN(Cc2cccc(C)c2)S(=O)(=O)c2ccc(Cl)cc2)c1. The number of hydrogen-bond acceptors (Lipinski definition) is 5. The van der Waals surface area contributed by atoms with E-state index in [4.69, 9.17) is 16.3 Å². The van der Waals surface area contributed by atoms with Gasteiger partial charge in [-0.3, -0.25) is 4.79 Å². The first-order chi connectivity index (χ1) is 15.8. The molecule has 0 fully saturated rings. The molecule has 1 N–H and O–H groups in total. The van der Waals surface area contributed by atoms with Crippen LogP contribution in [0.3, 0.4) is 0 Å². The van der Waals surface area contributed by atoms with Crippen LogP contribution < -0.4 is 10.2 Å². The summed E-state index contributed by atoms with van der Waals surface area (Å²) >= 11 is 5.90. The lowest BCUT2D eigenvalue weighted by atomic mass is 10.1. The maximum absolute atomic E-state index is 13.3. The van der Waals surface area contributed by atoms with Crippen molar-refractivity contribution >= 4 is 33.7 Å². The van der Waals surface area contributed by atoms with E-state index in [1.807, 2.05) is 31.2 Å². The quantitative estimate of drug-likeness (QED) is 0.366. The highest BCUT2D eigenvalue weighted by Gasteiger charge is 2.27. The minimum absolute atomic E-state index is 0.0274. The first-order valence-electron chi connectivity index (χ1n) is 10.0. The first-order valence-corrected chi connectivity index (χ1v) is 11.9. The monoisotopic (exact) mass is 485 g/mol. The number of halogens is 1. The largest absolute Gasteiger partial charge is 0.497 e. The van der Waals surface area contributed by atoms with Crippen LogP contribution in [0, 0.1) is 6.92 Å². The number of sulfonamides is 1. The molecule has 0 aromatic heterocycles. The molecule has 1 amide bonds. The van der Waals surface area contributed by atoms with Gasteiger partial charge >= 0.3 is 0 Å². The van der Waals surface area contributed by atoms with Crippen LogP contribution in [-0.4, -0.2) is 38.5 Å². The summed E-state index contributed by atoms with van der Waals surface area (Å²) in [5, 5.41) is 4.36. The van der Waals surface area contributed by atoms with Gasteiger partial charge in [-0.05, 0) is 54.4 Å². The molecular formula is C24H24ClN3O4S. The Bertz CT molecular complexity index is 1240. The molecule has 0 aliphatic heterocycles. The second-order valence-corrected chi connectivity index (χ2v) is 9.66. The summed E-state index contributed by atoms with van der Waals surface area (Å²) in [7, 11) is -2.41. The highest BCUT2D eigenvalue weighted by Crippen LogP contribution is 2.21. The predicted octanol–water partition coefficient (Wildman–Crippen LogP) is 4.00. The van der Waals surface area contributed by atoms with Gasteiger partial charge in [-0.25, -0.2) is 13.8 Å². The number of carbonyl (C=O) groups excluding carboxylic acids is 1. The van der Waals surface area contributed by atoms with Crippen molar-refractivity contribution in [2.24, 2.45) is 5.10 Å². The van der Waals surface area contributed by atoms with Gasteiger partial charge in [-0.1, -0.05) is 53.6 Å². The Kier molecular flexibility index (Phi) is 8.21. The van der Waals surface area contributed by atoms with E-state index in [0.29, 0.717) is 10.8 Å². The number of ether oxygens (including phenoxy) is 1. The topological polar surface area (TPSA) is 88.1 Å². The molecule has 0 spiro atoms. The molecule has 3 rings (SSSR count). The van der Waals surface area contributed by atoms with Crippen LogP contribution in [0.2, 0.25) is 5.02 Å². The summed E-state index contributed by atoms with van der Waals surface area (Å²) in [5.41, 5.74) is 4.87. The van der Waals surface area contributed by atoms with Gasteiger partial charge in [-0.15, -0.1) is 0 Å². The van der Waals surface area contributed by atoms with Crippen molar-refractivity contribution in [2.45, 2.75) is 18.4 Å². The van der Waals surface area contributed by atoms with Crippen molar-refractivity contribution in [3.8, 4) is 5.75 Å². The lowest BCUT2D eigenvalue weighted by Crippen LogP contribution is -2.39. The lowest BCUT2D eigenvalue weighted by Gasteiger charge is -2.21. The summed E-state index contributed by atoms with van der Waals surface area (Å²) in [6, 6.07) is 20.4. The van der Waals surface area contributed by atoms with E-state index in [2.05, 4.69) is 10.5 Å². The van der Waals surface area contributed by atoms with Crippen LogP contribution in [0.4, 0.5) is 0 Å². The Morgan fingerprint density at radius 1 is 1.09 bits per heavy atom. The molecule has 0 radical (unpaired) electrons. The normalized spacial score (nSPS) is 11.6. The maximum Gasteiger partial charge on any atom is 0.255 e. The highest BCUT2D eigenvalue weighted by molar-refractivity contribution is 7.89. The van der Waals surface area contributed by atoms with Gasteiger partial charge in [-0.2, -0.15) is 9.41 Å². The maximum atomic E-state index is 13.3. The molecule has 0 saturated carbocycles. The second kappa shape index (κ2) is 11.1. The molecule has 0 atom stereocenters. The van der Waals surface area contributed by atoms with E-state index in [9.17, 15) is 13.2 Å². The average Bonchev–Trinajstić information content (AvgIpc) is 2.79. The van der Waals surface area contributed by atoms with Gasteiger partial charge < -0.3 is 4.74 Å². The van der Waals surface area contributed by atoms with Gasteiger partial charge in [0.15, 0.2) is 0 Å². The number of nitrogens with one attached hydrogen (secondary N) is 1. The number of aryl methyl sites for hydroxylation is 1. The standard InChI is InChI=1S/C24H24ClN3O4S/c1-18-5-3-7-20(13-18)16-28(33(30,31)23-11-9-21(25)10-12-23)17-24(29)27-26-15-19-6-4-8-22(14-19)32-2/h3-15H,16-17H2,1-2H3,(H,27,29)/b26-15-. The summed E-state index contributed by atoms with van der Waals surface area (Å²) in [5.74, 6) is 0.0861. The van der Waals surface area contributed by atoms with Crippen molar-refractivity contribution in [3.63, 3.8) is 0 Å². The second-order valence-electron chi connectivity index (χ2n) is 7.29. The molecule has 33 heavy (non-hydrogen) atoms. The van der Waals surface area contributed by atoms with Crippen molar-refractivity contribution in [3.05, 3.63) is 94.5 Å². The molecule has 0 aliphatic carbocycles. The number of nitrogens with zero attached hydrogens (tertiary/aromatic N) is 2. The Balaban J connectivity index is 1.78. The molecule has 3 aromatic carbocycles. The van der Waals surface area contributed by atoms with Gasteiger partial charge in [0.2, 0.25) is 10.0 Å². The van der Waals surface area contributed by atoms with E-state index in [1.54, 1.807) is 31.4 Å². The number of methoxy groups -OCH3 is 1. The zero-order chi connectivity index (χ0) is 23.8. The molecule has 0 heterocycles. The number of hydrogen-bond donors (Lipinski definition) is 1. The van der Waals surface area contributed by atoms with E-state index < -0.39 is 22.5 Å². The molecule has 0 unspecified atom stereocenters. The summed E-state index contributed by atoms with van der Waals surface area (Å²) in [6.45, 7) is 1.54. The minimum Gasteiger partial charge on any atom is -0.497 e. The lowest BCUT2D eigenvalue weighted by molar-refractivity contribution is -0.121. The minimum atomic E-state index is -3.96. The number of benzene rings is 3. The van der Waals surface area contributed by atoms with Crippen LogP contribution in [0.5, 0.6) is 5.75 Å². The van der Waals surface area contributed by atoms with Crippen molar-refractivity contribution in [1.82, 2.24) is 9.73 Å². The van der Waals surface area contributed by atoms with Crippen LogP contribution in [0.25, 0.3) is 0 Å². The predicted molar refractivity (Wildman–Crippen MR) is 129 cm³/mol. The number of rotatable bonds is 9. The van der Waals surface area contributed by atoms with Gasteiger partial charge in [0.05, 0.1) is 24.8 Å². The van der Waals surface area contributed by atoms with Crippen LogP contribution in [-0.2, 0) is 21.4 Å². The number of carbonyl (C=O) groups is 1. The zero-order valence-electron chi connectivity index (χ0n) is 18.2.